The van der Waals surface area contributed by atoms with Gasteiger partial charge in [-0.3, -0.25) is 0 Å². The van der Waals surface area contributed by atoms with Crippen molar-refractivity contribution in [2.75, 3.05) is 11.9 Å². The summed E-state index contributed by atoms with van der Waals surface area (Å²) in [6.45, 7) is 0.540. The summed E-state index contributed by atoms with van der Waals surface area (Å²) in [5.74, 6) is 0.0204. The van der Waals surface area contributed by atoms with Crippen LogP contribution in [0.15, 0.2) is 42.6 Å². The lowest BCUT2D eigenvalue weighted by atomic mass is 9.96. The second-order valence-electron chi connectivity index (χ2n) is 5.26. The van der Waals surface area contributed by atoms with E-state index in [2.05, 4.69) is 15.3 Å². The van der Waals surface area contributed by atoms with Crippen molar-refractivity contribution in [3.05, 3.63) is 53.9 Å². The van der Waals surface area contributed by atoms with Gasteiger partial charge < -0.3 is 5.32 Å². The Balaban J connectivity index is 1.71. The standard InChI is InChI=1S/C15H14F3N3/c16-15(17,18)12-6-9-19-13(21-12)20-10-14(7-8-14)11-4-2-1-3-5-11/h1-6,9H,7-8,10H2,(H,19,20,21). The zero-order chi connectivity index (χ0) is 14.9. The van der Waals surface area contributed by atoms with Crippen LogP contribution in [-0.2, 0) is 11.6 Å². The monoisotopic (exact) mass is 293 g/mol. The van der Waals surface area contributed by atoms with Crippen molar-refractivity contribution in [1.82, 2.24) is 9.97 Å². The molecule has 1 aromatic carbocycles. The Hall–Kier alpha value is -2.11. The summed E-state index contributed by atoms with van der Waals surface area (Å²) in [7, 11) is 0. The van der Waals surface area contributed by atoms with E-state index in [-0.39, 0.29) is 11.4 Å². The number of halogens is 3. The molecule has 0 amide bonds. The molecule has 3 rings (SSSR count). The van der Waals surface area contributed by atoms with Crippen LogP contribution in [0.3, 0.4) is 0 Å². The Morgan fingerprint density at radius 3 is 2.43 bits per heavy atom. The fourth-order valence-electron chi connectivity index (χ4n) is 2.36. The van der Waals surface area contributed by atoms with E-state index in [1.165, 1.54) is 5.56 Å². The van der Waals surface area contributed by atoms with Crippen molar-refractivity contribution in [3.8, 4) is 0 Å². The lowest BCUT2D eigenvalue weighted by Gasteiger charge is -2.17. The number of alkyl halides is 3. The van der Waals surface area contributed by atoms with Crippen LogP contribution in [0.1, 0.15) is 24.1 Å². The van der Waals surface area contributed by atoms with Gasteiger partial charge in [-0.15, -0.1) is 0 Å². The minimum absolute atomic E-state index is 0.00113. The molecule has 2 aromatic rings. The van der Waals surface area contributed by atoms with Crippen molar-refractivity contribution in [2.45, 2.75) is 24.4 Å². The molecular weight excluding hydrogens is 279 g/mol. The maximum absolute atomic E-state index is 12.6. The SMILES string of the molecule is FC(F)(F)c1ccnc(NCC2(c3ccccc3)CC2)n1. The molecular formula is C15H14F3N3. The first-order valence-corrected chi connectivity index (χ1v) is 6.69. The van der Waals surface area contributed by atoms with Crippen LogP contribution in [0.25, 0.3) is 0 Å². The lowest BCUT2D eigenvalue weighted by molar-refractivity contribution is -0.141. The summed E-state index contributed by atoms with van der Waals surface area (Å²) < 4.78 is 37.8. The minimum atomic E-state index is -4.45. The first kappa shape index (κ1) is 13.9. The molecule has 0 saturated heterocycles. The third kappa shape index (κ3) is 2.99. The fraction of sp³-hybridized carbons (Fsp3) is 0.333. The topological polar surface area (TPSA) is 37.8 Å². The van der Waals surface area contributed by atoms with Gasteiger partial charge in [-0.25, -0.2) is 9.97 Å². The Morgan fingerprint density at radius 1 is 1.10 bits per heavy atom. The summed E-state index contributed by atoms with van der Waals surface area (Å²) in [6, 6.07) is 10.8. The van der Waals surface area contributed by atoms with Crippen molar-refractivity contribution >= 4 is 5.95 Å². The number of hydrogen-bond acceptors (Lipinski definition) is 3. The van der Waals surface area contributed by atoms with Crippen molar-refractivity contribution in [2.24, 2.45) is 0 Å². The largest absolute Gasteiger partial charge is 0.433 e. The van der Waals surface area contributed by atoms with Crippen LogP contribution in [0.2, 0.25) is 0 Å². The number of aromatic nitrogens is 2. The Labute approximate surface area is 120 Å². The summed E-state index contributed by atoms with van der Waals surface area (Å²) in [5, 5.41) is 2.94. The van der Waals surface area contributed by atoms with Gasteiger partial charge in [-0.2, -0.15) is 13.2 Å². The quantitative estimate of drug-likeness (QED) is 0.935. The van der Waals surface area contributed by atoms with E-state index in [0.29, 0.717) is 6.54 Å². The molecule has 0 spiro atoms. The highest BCUT2D eigenvalue weighted by Crippen LogP contribution is 2.47. The third-order valence-electron chi connectivity index (χ3n) is 3.77. The molecule has 6 heteroatoms. The lowest BCUT2D eigenvalue weighted by Crippen LogP contribution is -2.21. The van der Waals surface area contributed by atoms with E-state index in [9.17, 15) is 13.2 Å². The number of nitrogens with one attached hydrogen (secondary N) is 1. The van der Waals surface area contributed by atoms with Gasteiger partial charge in [-0.05, 0) is 24.5 Å². The molecule has 1 N–H and O–H groups in total. The summed E-state index contributed by atoms with van der Waals surface area (Å²) in [4.78, 5) is 7.38. The van der Waals surface area contributed by atoms with E-state index in [1.54, 1.807) is 0 Å². The maximum Gasteiger partial charge on any atom is 0.433 e. The molecule has 0 unspecified atom stereocenters. The number of benzene rings is 1. The van der Waals surface area contributed by atoms with E-state index in [1.807, 2.05) is 30.3 Å². The molecule has 1 aromatic heterocycles. The molecule has 1 aliphatic carbocycles. The second kappa shape index (κ2) is 5.02. The van der Waals surface area contributed by atoms with Gasteiger partial charge in [0.2, 0.25) is 5.95 Å². The van der Waals surface area contributed by atoms with Gasteiger partial charge in [0.05, 0.1) is 0 Å². The van der Waals surface area contributed by atoms with Crippen LogP contribution < -0.4 is 5.32 Å². The smallest absolute Gasteiger partial charge is 0.353 e. The first-order valence-electron chi connectivity index (χ1n) is 6.69. The molecule has 21 heavy (non-hydrogen) atoms. The van der Waals surface area contributed by atoms with E-state index < -0.39 is 11.9 Å². The fourth-order valence-corrected chi connectivity index (χ4v) is 2.36. The van der Waals surface area contributed by atoms with Crippen LogP contribution in [0, 0.1) is 0 Å². The van der Waals surface area contributed by atoms with Gasteiger partial charge in [0, 0.05) is 18.2 Å². The normalized spacial score (nSPS) is 16.5. The number of anilines is 1. The van der Waals surface area contributed by atoms with Gasteiger partial charge >= 0.3 is 6.18 Å². The summed E-state index contributed by atoms with van der Waals surface area (Å²) in [6.07, 6.45) is -1.29. The van der Waals surface area contributed by atoms with Gasteiger partial charge in [0.25, 0.3) is 0 Å². The van der Waals surface area contributed by atoms with E-state index in [0.717, 1.165) is 25.1 Å². The Bertz CT molecular complexity index is 622. The van der Waals surface area contributed by atoms with Gasteiger partial charge in [-0.1, -0.05) is 30.3 Å². The predicted octanol–water partition coefficient (Wildman–Crippen LogP) is 3.64. The van der Waals surface area contributed by atoms with E-state index >= 15 is 0 Å². The highest BCUT2D eigenvalue weighted by atomic mass is 19.4. The molecule has 0 aliphatic heterocycles. The van der Waals surface area contributed by atoms with Gasteiger partial charge in [0.1, 0.15) is 5.69 Å². The summed E-state index contributed by atoms with van der Waals surface area (Å²) in [5.41, 5.74) is 0.271. The molecule has 1 saturated carbocycles. The zero-order valence-electron chi connectivity index (χ0n) is 11.2. The second-order valence-corrected chi connectivity index (χ2v) is 5.26. The highest BCUT2D eigenvalue weighted by molar-refractivity contribution is 5.36. The van der Waals surface area contributed by atoms with Crippen LogP contribution >= 0.6 is 0 Å². The minimum Gasteiger partial charge on any atom is -0.353 e. The van der Waals surface area contributed by atoms with E-state index in [4.69, 9.17) is 0 Å². The molecule has 1 fully saturated rings. The number of rotatable bonds is 4. The van der Waals surface area contributed by atoms with Crippen LogP contribution in [0.5, 0.6) is 0 Å². The average Bonchev–Trinajstić information content (AvgIpc) is 3.27. The Morgan fingerprint density at radius 2 is 1.81 bits per heavy atom. The van der Waals surface area contributed by atoms with Gasteiger partial charge in [0.15, 0.2) is 0 Å². The Kier molecular flexibility index (Phi) is 3.31. The molecule has 0 bridgehead atoms. The molecule has 110 valence electrons. The maximum atomic E-state index is 12.6. The molecule has 3 nitrogen and oxygen atoms in total. The summed E-state index contributed by atoms with van der Waals surface area (Å²) >= 11 is 0. The average molecular weight is 293 g/mol. The molecule has 1 heterocycles. The predicted molar refractivity (Wildman–Crippen MR) is 72.9 cm³/mol. The highest BCUT2D eigenvalue weighted by Gasteiger charge is 2.44. The van der Waals surface area contributed by atoms with Crippen molar-refractivity contribution in [3.63, 3.8) is 0 Å². The number of hydrogen-bond donors (Lipinski definition) is 1. The zero-order valence-corrected chi connectivity index (χ0v) is 11.2. The molecule has 1 aliphatic rings. The van der Waals surface area contributed by atoms with Crippen LogP contribution in [-0.4, -0.2) is 16.5 Å². The third-order valence-corrected chi connectivity index (χ3v) is 3.77. The van der Waals surface area contributed by atoms with Crippen molar-refractivity contribution in [1.29, 1.82) is 0 Å². The molecule has 0 radical (unpaired) electrons. The molecule has 0 atom stereocenters. The number of nitrogens with zero attached hydrogens (tertiary/aromatic N) is 2. The first-order chi connectivity index (χ1) is 10.00. The van der Waals surface area contributed by atoms with Crippen molar-refractivity contribution < 1.29 is 13.2 Å². The van der Waals surface area contributed by atoms with Crippen LogP contribution in [0.4, 0.5) is 19.1 Å².